The molecular weight excluding hydrogens is 246 g/mol. The molecule has 2 unspecified atom stereocenters. The van der Waals surface area contributed by atoms with E-state index in [2.05, 4.69) is 29.8 Å². The van der Waals surface area contributed by atoms with Gasteiger partial charge in [-0.25, -0.2) is 0 Å². The summed E-state index contributed by atoms with van der Waals surface area (Å²) in [5.41, 5.74) is 0.987. The van der Waals surface area contributed by atoms with E-state index in [-0.39, 0.29) is 6.04 Å². The van der Waals surface area contributed by atoms with Gasteiger partial charge in [-0.1, -0.05) is 23.7 Å². The Hall–Kier alpha value is -1.08. The van der Waals surface area contributed by atoms with Crippen molar-refractivity contribution in [2.45, 2.75) is 19.0 Å². The fourth-order valence-electron chi connectivity index (χ4n) is 2.55. The first-order chi connectivity index (χ1) is 8.61. The molecule has 1 heterocycles. The van der Waals surface area contributed by atoms with E-state index in [4.69, 9.17) is 11.6 Å². The Labute approximate surface area is 114 Å². The van der Waals surface area contributed by atoms with Gasteiger partial charge in [0.2, 0.25) is 0 Å². The fraction of sp³-hybridized carbons (Fsp3) is 0.500. The SMILES string of the molecule is CC1CN(C)CCN1C(C#N)c1cccc(Cl)c1. The summed E-state index contributed by atoms with van der Waals surface area (Å²) in [6.45, 7) is 5.09. The summed E-state index contributed by atoms with van der Waals surface area (Å²) >= 11 is 6.01. The first kappa shape index (κ1) is 13.4. The average Bonchev–Trinajstić information content (AvgIpc) is 2.33. The van der Waals surface area contributed by atoms with Crippen molar-refractivity contribution >= 4 is 11.6 Å². The second-order valence-electron chi connectivity index (χ2n) is 4.94. The van der Waals surface area contributed by atoms with E-state index >= 15 is 0 Å². The van der Waals surface area contributed by atoms with Crippen LogP contribution in [-0.4, -0.2) is 42.5 Å². The minimum absolute atomic E-state index is 0.201. The average molecular weight is 264 g/mol. The van der Waals surface area contributed by atoms with E-state index < -0.39 is 0 Å². The molecule has 1 aliphatic rings. The van der Waals surface area contributed by atoms with Crippen LogP contribution in [0.5, 0.6) is 0 Å². The number of nitriles is 1. The summed E-state index contributed by atoms with van der Waals surface area (Å²) in [5, 5.41) is 10.1. The Kier molecular flexibility index (Phi) is 4.23. The van der Waals surface area contributed by atoms with Gasteiger partial charge in [0.25, 0.3) is 0 Å². The molecule has 0 saturated carbocycles. The monoisotopic (exact) mass is 263 g/mol. The molecule has 2 atom stereocenters. The van der Waals surface area contributed by atoms with Crippen molar-refractivity contribution in [3.05, 3.63) is 34.9 Å². The van der Waals surface area contributed by atoms with Gasteiger partial charge in [-0.05, 0) is 31.7 Å². The lowest BCUT2D eigenvalue weighted by Crippen LogP contribution is -2.51. The van der Waals surface area contributed by atoms with Gasteiger partial charge in [0.15, 0.2) is 0 Å². The predicted octanol–water partition coefficient (Wildman–Crippen LogP) is 2.54. The van der Waals surface area contributed by atoms with Crippen LogP contribution in [0.15, 0.2) is 24.3 Å². The molecule has 0 spiro atoms. The third kappa shape index (κ3) is 2.84. The number of piperazine rings is 1. The Morgan fingerprint density at radius 1 is 1.44 bits per heavy atom. The van der Waals surface area contributed by atoms with Crippen LogP contribution in [0.4, 0.5) is 0 Å². The van der Waals surface area contributed by atoms with E-state index in [9.17, 15) is 5.26 Å². The smallest absolute Gasteiger partial charge is 0.124 e. The molecule has 1 aromatic carbocycles. The molecule has 0 aromatic heterocycles. The summed E-state index contributed by atoms with van der Waals surface area (Å²) in [6.07, 6.45) is 0. The first-order valence-electron chi connectivity index (χ1n) is 6.21. The number of hydrogen-bond acceptors (Lipinski definition) is 3. The molecular formula is C14H18ClN3. The quantitative estimate of drug-likeness (QED) is 0.822. The van der Waals surface area contributed by atoms with Crippen molar-refractivity contribution in [1.82, 2.24) is 9.80 Å². The second kappa shape index (κ2) is 5.71. The first-order valence-corrected chi connectivity index (χ1v) is 6.59. The van der Waals surface area contributed by atoms with E-state index in [0.29, 0.717) is 11.1 Å². The van der Waals surface area contributed by atoms with Crippen LogP contribution in [0.25, 0.3) is 0 Å². The number of benzene rings is 1. The summed E-state index contributed by atoms with van der Waals surface area (Å²) < 4.78 is 0. The Bertz CT molecular complexity index is 455. The van der Waals surface area contributed by atoms with Gasteiger partial charge in [-0.2, -0.15) is 5.26 Å². The number of halogens is 1. The molecule has 0 amide bonds. The van der Waals surface area contributed by atoms with Crippen LogP contribution >= 0.6 is 11.6 Å². The zero-order valence-corrected chi connectivity index (χ0v) is 11.6. The van der Waals surface area contributed by atoms with Crippen molar-refractivity contribution in [3.8, 4) is 6.07 Å². The Morgan fingerprint density at radius 2 is 2.22 bits per heavy atom. The lowest BCUT2D eigenvalue weighted by molar-refractivity contribution is 0.0797. The molecule has 0 N–H and O–H groups in total. The molecule has 1 aliphatic heterocycles. The normalized spacial score (nSPS) is 23.6. The summed E-state index contributed by atoms with van der Waals surface area (Å²) in [6, 6.07) is 10.2. The van der Waals surface area contributed by atoms with Crippen molar-refractivity contribution in [3.63, 3.8) is 0 Å². The highest BCUT2D eigenvalue weighted by Crippen LogP contribution is 2.26. The maximum absolute atomic E-state index is 9.46. The Morgan fingerprint density at radius 3 is 2.83 bits per heavy atom. The fourth-order valence-corrected chi connectivity index (χ4v) is 2.75. The minimum Gasteiger partial charge on any atom is -0.304 e. The van der Waals surface area contributed by atoms with E-state index in [1.165, 1.54) is 0 Å². The van der Waals surface area contributed by atoms with Gasteiger partial charge in [-0.3, -0.25) is 4.90 Å². The lowest BCUT2D eigenvalue weighted by Gasteiger charge is -2.40. The zero-order chi connectivity index (χ0) is 13.1. The van der Waals surface area contributed by atoms with Crippen molar-refractivity contribution in [2.24, 2.45) is 0 Å². The van der Waals surface area contributed by atoms with Crippen LogP contribution in [0.1, 0.15) is 18.5 Å². The topological polar surface area (TPSA) is 30.3 Å². The molecule has 0 radical (unpaired) electrons. The molecule has 1 aromatic rings. The Balaban J connectivity index is 2.21. The highest BCUT2D eigenvalue weighted by Gasteiger charge is 2.29. The van der Waals surface area contributed by atoms with Gasteiger partial charge in [0.1, 0.15) is 6.04 Å². The molecule has 3 nitrogen and oxygen atoms in total. The van der Waals surface area contributed by atoms with E-state index in [1.807, 2.05) is 24.3 Å². The van der Waals surface area contributed by atoms with Gasteiger partial charge in [0.05, 0.1) is 6.07 Å². The van der Waals surface area contributed by atoms with Crippen LogP contribution in [-0.2, 0) is 0 Å². The molecule has 1 fully saturated rings. The standard InChI is InChI=1S/C14H18ClN3/c1-11-10-17(2)6-7-18(11)14(9-16)12-4-3-5-13(15)8-12/h3-5,8,11,14H,6-7,10H2,1-2H3. The molecule has 0 aliphatic carbocycles. The maximum atomic E-state index is 9.46. The zero-order valence-electron chi connectivity index (χ0n) is 10.8. The lowest BCUT2D eigenvalue weighted by atomic mass is 10.0. The van der Waals surface area contributed by atoms with Crippen molar-refractivity contribution < 1.29 is 0 Å². The molecule has 0 bridgehead atoms. The number of nitrogens with zero attached hydrogens (tertiary/aromatic N) is 3. The highest BCUT2D eigenvalue weighted by atomic mass is 35.5. The van der Waals surface area contributed by atoms with Gasteiger partial charge in [0, 0.05) is 30.7 Å². The number of likely N-dealkylation sites (N-methyl/N-ethyl adjacent to an activating group) is 1. The van der Waals surface area contributed by atoms with Crippen LogP contribution in [0.2, 0.25) is 5.02 Å². The van der Waals surface area contributed by atoms with Gasteiger partial charge < -0.3 is 4.90 Å². The highest BCUT2D eigenvalue weighted by molar-refractivity contribution is 6.30. The van der Waals surface area contributed by atoms with Gasteiger partial charge >= 0.3 is 0 Å². The molecule has 2 rings (SSSR count). The summed E-state index contributed by atoms with van der Waals surface area (Å²) in [4.78, 5) is 4.55. The summed E-state index contributed by atoms with van der Waals surface area (Å²) in [7, 11) is 2.12. The van der Waals surface area contributed by atoms with E-state index in [0.717, 1.165) is 25.2 Å². The van der Waals surface area contributed by atoms with Crippen LogP contribution < -0.4 is 0 Å². The summed E-state index contributed by atoms with van der Waals surface area (Å²) in [5.74, 6) is 0. The van der Waals surface area contributed by atoms with E-state index in [1.54, 1.807) is 0 Å². The molecule has 1 saturated heterocycles. The third-order valence-corrected chi connectivity index (χ3v) is 3.74. The van der Waals surface area contributed by atoms with Crippen LogP contribution in [0, 0.1) is 11.3 Å². The number of hydrogen-bond donors (Lipinski definition) is 0. The van der Waals surface area contributed by atoms with Gasteiger partial charge in [-0.15, -0.1) is 0 Å². The molecule has 96 valence electrons. The second-order valence-corrected chi connectivity index (χ2v) is 5.37. The third-order valence-electron chi connectivity index (χ3n) is 3.50. The largest absolute Gasteiger partial charge is 0.304 e. The van der Waals surface area contributed by atoms with Crippen LogP contribution in [0.3, 0.4) is 0 Å². The molecule has 4 heteroatoms. The predicted molar refractivity (Wildman–Crippen MR) is 73.5 cm³/mol. The maximum Gasteiger partial charge on any atom is 0.124 e. The van der Waals surface area contributed by atoms with Crippen molar-refractivity contribution in [2.75, 3.05) is 26.7 Å². The minimum atomic E-state index is -0.201. The number of rotatable bonds is 2. The molecule has 18 heavy (non-hydrogen) atoms. The van der Waals surface area contributed by atoms with Crippen molar-refractivity contribution in [1.29, 1.82) is 5.26 Å².